The van der Waals surface area contributed by atoms with Crippen LogP contribution in [0.25, 0.3) is 11.3 Å². The first-order chi connectivity index (χ1) is 14.1. The molecule has 0 fully saturated rings. The molecule has 1 atom stereocenters. The number of hydrogen-bond acceptors (Lipinski definition) is 3. The molecule has 5 rings (SSSR count). The van der Waals surface area contributed by atoms with Crippen molar-refractivity contribution in [1.82, 2.24) is 15.2 Å². The van der Waals surface area contributed by atoms with Gasteiger partial charge < -0.3 is 0 Å². The zero-order chi connectivity index (χ0) is 20.0. The molecule has 0 saturated heterocycles. The van der Waals surface area contributed by atoms with E-state index in [1.54, 1.807) is 11.1 Å². The fourth-order valence-corrected chi connectivity index (χ4v) is 4.03. The average molecular weight is 445 g/mol. The van der Waals surface area contributed by atoms with Gasteiger partial charge in [0.25, 0.3) is 5.91 Å². The molecule has 1 aliphatic rings. The second kappa shape index (κ2) is 6.97. The lowest BCUT2D eigenvalue weighted by molar-refractivity contribution is 0.0988. The van der Waals surface area contributed by atoms with Crippen LogP contribution in [-0.2, 0) is 0 Å². The number of rotatable bonds is 3. The summed E-state index contributed by atoms with van der Waals surface area (Å²) in [7, 11) is 0. The lowest BCUT2D eigenvalue weighted by atomic mass is 9.99. The van der Waals surface area contributed by atoms with Crippen LogP contribution in [0.2, 0.25) is 0 Å². The van der Waals surface area contributed by atoms with E-state index in [-0.39, 0.29) is 11.9 Å². The van der Waals surface area contributed by atoms with Gasteiger partial charge in [0.1, 0.15) is 11.7 Å². The molecular weight excluding hydrogens is 428 g/mol. The number of H-pyrrole nitrogens is 1. The topological polar surface area (TPSA) is 61.9 Å². The molecule has 29 heavy (non-hydrogen) atoms. The Balaban J connectivity index is 1.71. The maximum atomic E-state index is 13.4. The fourth-order valence-electron chi connectivity index (χ4n) is 3.76. The molecule has 0 bridgehead atoms. The number of nitrogens with zero attached hydrogens (tertiary/aromatic N) is 3. The Labute approximate surface area is 176 Å². The maximum Gasteiger partial charge on any atom is 0.277 e. The number of nitrogens with one attached hydrogen (secondary N) is 1. The van der Waals surface area contributed by atoms with Crippen molar-refractivity contribution in [3.63, 3.8) is 0 Å². The number of aryl methyl sites for hydroxylation is 1. The highest BCUT2D eigenvalue weighted by Gasteiger charge is 2.43. The third-order valence-corrected chi connectivity index (χ3v) is 5.69. The molecule has 3 heterocycles. The van der Waals surface area contributed by atoms with E-state index in [1.165, 1.54) is 0 Å². The van der Waals surface area contributed by atoms with Crippen molar-refractivity contribution in [2.75, 3.05) is 4.90 Å². The Morgan fingerprint density at radius 1 is 1.00 bits per heavy atom. The number of benzene rings is 2. The maximum absolute atomic E-state index is 13.4. The van der Waals surface area contributed by atoms with E-state index in [0.717, 1.165) is 38.2 Å². The molecule has 4 aromatic rings. The number of anilines is 1. The summed E-state index contributed by atoms with van der Waals surface area (Å²) in [5.74, 6) is -0.102. The largest absolute Gasteiger partial charge is 0.294 e. The Hall–Kier alpha value is -3.25. The molecule has 0 aliphatic carbocycles. The fraction of sp³-hybridized carbons (Fsp3) is 0.0870. The third kappa shape index (κ3) is 2.96. The second-order valence-electron chi connectivity index (χ2n) is 7.04. The van der Waals surface area contributed by atoms with E-state index in [9.17, 15) is 4.79 Å². The highest BCUT2D eigenvalue weighted by Crippen LogP contribution is 2.44. The summed E-state index contributed by atoms with van der Waals surface area (Å²) >= 11 is 3.47. The zero-order valence-corrected chi connectivity index (χ0v) is 17.2. The van der Waals surface area contributed by atoms with Crippen molar-refractivity contribution in [2.45, 2.75) is 13.0 Å². The Bertz CT molecular complexity index is 1180. The minimum atomic E-state index is -0.348. The lowest BCUT2D eigenvalue weighted by Gasteiger charge is -2.25. The van der Waals surface area contributed by atoms with Gasteiger partial charge in [-0.15, -0.1) is 0 Å². The number of halogens is 1. The van der Waals surface area contributed by atoms with Crippen molar-refractivity contribution in [3.8, 4) is 11.3 Å². The van der Waals surface area contributed by atoms with E-state index in [1.807, 2.05) is 73.7 Å². The molecule has 1 N–H and O–H groups in total. The summed E-state index contributed by atoms with van der Waals surface area (Å²) in [6.07, 6.45) is 1.75. The zero-order valence-electron chi connectivity index (χ0n) is 15.6. The number of aromatic amines is 1. The first kappa shape index (κ1) is 17.8. The number of carbonyl (C=O) groups excluding carboxylic acids is 1. The van der Waals surface area contributed by atoms with E-state index in [4.69, 9.17) is 0 Å². The van der Waals surface area contributed by atoms with Gasteiger partial charge in [-0.3, -0.25) is 19.8 Å². The summed E-state index contributed by atoms with van der Waals surface area (Å²) < 4.78 is 0.993. The van der Waals surface area contributed by atoms with Gasteiger partial charge in [0.2, 0.25) is 0 Å². The third-order valence-electron chi connectivity index (χ3n) is 5.17. The number of pyridine rings is 1. The molecule has 0 spiro atoms. The minimum absolute atomic E-state index is 0.102. The molecule has 0 radical (unpaired) electrons. The molecular formula is C23H17BrN4O. The minimum Gasteiger partial charge on any atom is -0.294 e. The second-order valence-corrected chi connectivity index (χ2v) is 7.95. The van der Waals surface area contributed by atoms with Crippen LogP contribution < -0.4 is 4.90 Å². The van der Waals surface area contributed by atoms with Gasteiger partial charge >= 0.3 is 0 Å². The van der Waals surface area contributed by atoms with Gasteiger partial charge in [-0.05, 0) is 43.3 Å². The number of hydrogen-bond donors (Lipinski definition) is 1. The molecule has 6 heteroatoms. The van der Waals surface area contributed by atoms with Gasteiger partial charge in [-0.1, -0.05) is 51.8 Å². The number of fused-ring (bicyclic) bond motifs is 1. The Morgan fingerprint density at radius 3 is 2.45 bits per heavy atom. The molecule has 142 valence electrons. The summed E-state index contributed by atoms with van der Waals surface area (Å²) in [5, 5.41) is 7.47. The normalized spacial score (nSPS) is 15.6. The average Bonchev–Trinajstić information content (AvgIpc) is 3.29. The van der Waals surface area contributed by atoms with Crippen LogP contribution in [0.5, 0.6) is 0 Å². The van der Waals surface area contributed by atoms with Crippen LogP contribution in [0.3, 0.4) is 0 Å². The van der Waals surface area contributed by atoms with E-state index >= 15 is 0 Å². The highest BCUT2D eigenvalue weighted by atomic mass is 79.9. The van der Waals surface area contributed by atoms with Crippen molar-refractivity contribution in [2.24, 2.45) is 0 Å². The van der Waals surface area contributed by atoms with Gasteiger partial charge in [0.15, 0.2) is 0 Å². The molecule has 0 unspecified atom stereocenters. The van der Waals surface area contributed by atoms with Gasteiger partial charge in [-0.2, -0.15) is 5.10 Å². The van der Waals surface area contributed by atoms with Crippen LogP contribution in [0, 0.1) is 6.92 Å². The number of aromatic nitrogens is 3. The van der Waals surface area contributed by atoms with Crippen LogP contribution in [-0.4, -0.2) is 21.1 Å². The van der Waals surface area contributed by atoms with Crippen LogP contribution in [0.15, 0.2) is 77.4 Å². The summed E-state index contributed by atoms with van der Waals surface area (Å²) in [5.41, 5.74) is 5.88. The van der Waals surface area contributed by atoms with Crippen molar-refractivity contribution < 1.29 is 4.79 Å². The van der Waals surface area contributed by atoms with E-state index < -0.39 is 0 Å². The molecule has 0 saturated carbocycles. The molecule has 2 aromatic carbocycles. The molecule has 5 nitrogen and oxygen atoms in total. The summed E-state index contributed by atoms with van der Waals surface area (Å²) in [4.78, 5) is 19.8. The first-order valence-corrected chi connectivity index (χ1v) is 10.1. The highest BCUT2D eigenvalue weighted by molar-refractivity contribution is 9.10. The van der Waals surface area contributed by atoms with Crippen molar-refractivity contribution in [1.29, 1.82) is 0 Å². The molecule has 2 aromatic heterocycles. The number of amides is 1. The molecule has 1 amide bonds. The van der Waals surface area contributed by atoms with Crippen LogP contribution in [0.1, 0.15) is 33.4 Å². The van der Waals surface area contributed by atoms with Gasteiger partial charge in [0.05, 0.1) is 11.4 Å². The van der Waals surface area contributed by atoms with Crippen molar-refractivity contribution >= 4 is 27.5 Å². The summed E-state index contributed by atoms with van der Waals surface area (Å²) in [6.45, 7) is 2.03. The molecule has 1 aliphatic heterocycles. The SMILES string of the molecule is Cc1ccc(N2C(=O)c3[nH]nc(-c4ccc(Br)cc4)c3[C@@H]2c2ccccn2)cc1. The predicted octanol–water partition coefficient (Wildman–Crippen LogP) is 5.29. The standard InChI is InChI=1S/C23H17BrN4O/c1-14-5-11-17(12-6-14)28-22(18-4-2-3-13-25-18)19-20(26-27-21(19)23(28)29)15-7-9-16(24)10-8-15/h2-13,22H,1H3,(H,26,27)/t22-/m0/s1. The monoisotopic (exact) mass is 444 g/mol. The van der Waals surface area contributed by atoms with Gasteiger partial charge in [0, 0.05) is 27.5 Å². The smallest absolute Gasteiger partial charge is 0.277 e. The van der Waals surface area contributed by atoms with Gasteiger partial charge in [-0.25, -0.2) is 0 Å². The number of carbonyl (C=O) groups is 1. The Morgan fingerprint density at radius 2 is 1.76 bits per heavy atom. The summed E-state index contributed by atoms with van der Waals surface area (Å²) in [6, 6.07) is 21.3. The lowest BCUT2D eigenvalue weighted by Crippen LogP contribution is -2.29. The Kier molecular flexibility index (Phi) is 4.28. The van der Waals surface area contributed by atoms with Crippen LogP contribution in [0.4, 0.5) is 5.69 Å². The van der Waals surface area contributed by atoms with Crippen LogP contribution >= 0.6 is 15.9 Å². The van der Waals surface area contributed by atoms with E-state index in [2.05, 4.69) is 31.1 Å². The van der Waals surface area contributed by atoms with Crippen molar-refractivity contribution in [3.05, 3.63) is 99.9 Å². The predicted molar refractivity (Wildman–Crippen MR) is 116 cm³/mol. The van der Waals surface area contributed by atoms with E-state index in [0.29, 0.717) is 5.69 Å². The quantitative estimate of drug-likeness (QED) is 0.466. The first-order valence-electron chi connectivity index (χ1n) is 9.29.